The SMILES string of the molecule is O=C(c1ccc(-c2nc3ccccc3s2)o1)N1CCN(c2cccc[nH+]2)CC1. The lowest BCUT2D eigenvalue weighted by Gasteiger charge is -2.30. The highest BCUT2D eigenvalue weighted by Crippen LogP contribution is 2.31. The van der Waals surface area contributed by atoms with Gasteiger partial charge in [-0.25, -0.2) is 9.97 Å². The van der Waals surface area contributed by atoms with Crippen LogP contribution in [0, 0.1) is 0 Å². The van der Waals surface area contributed by atoms with E-state index < -0.39 is 0 Å². The number of amides is 1. The number of carbonyl (C=O) groups excluding carboxylic acids is 1. The lowest BCUT2D eigenvalue weighted by atomic mass is 10.2. The van der Waals surface area contributed by atoms with Gasteiger partial charge in [-0.05, 0) is 30.3 Å². The van der Waals surface area contributed by atoms with Gasteiger partial charge in [-0.3, -0.25) is 9.69 Å². The Kier molecular flexibility index (Phi) is 4.29. The number of nitrogens with one attached hydrogen (secondary N) is 1. The number of nitrogens with zero attached hydrogens (tertiary/aromatic N) is 3. The third kappa shape index (κ3) is 3.14. The minimum absolute atomic E-state index is 0.0657. The molecule has 0 unspecified atom stereocenters. The molecule has 28 heavy (non-hydrogen) atoms. The molecule has 0 radical (unpaired) electrons. The molecule has 1 fully saturated rings. The van der Waals surface area contributed by atoms with Gasteiger partial charge in [0.05, 0.1) is 29.5 Å². The average molecular weight is 391 g/mol. The minimum Gasteiger partial charge on any atom is -0.448 e. The van der Waals surface area contributed by atoms with Gasteiger partial charge in [0.2, 0.25) is 0 Å². The van der Waals surface area contributed by atoms with Crippen molar-refractivity contribution in [2.75, 3.05) is 31.1 Å². The first kappa shape index (κ1) is 16.9. The standard InChI is InChI=1S/C21H18N4O2S/c26-21(25-13-11-24(12-14-25)19-7-3-4-10-22-19)17-9-8-16(27-17)20-23-15-5-1-2-6-18(15)28-20/h1-10H,11-14H2/p+1. The zero-order valence-electron chi connectivity index (χ0n) is 15.2. The van der Waals surface area contributed by atoms with Crippen molar-refractivity contribution in [1.82, 2.24) is 9.88 Å². The van der Waals surface area contributed by atoms with Gasteiger partial charge in [-0.1, -0.05) is 18.2 Å². The molecular weight excluding hydrogens is 372 g/mol. The lowest BCUT2D eigenvalue weighted by Crippen LogP contribution is -2.49. The number of benzene rings is 1. The molecule has 0 spiro atoms. The van der Waals surface area contributed by atoms with Crippen molar-refractivity contribution in [3.63, 3.8) is 0 Å². The molecule has 4 aromatic rings. The summed E-state index contributed by atoms with van der Waals surface area (Å²) in [6, 6.07) is 17.6. The number of aromatic nitrogens is 2. The van der Waals surface area contributed by atoms with Crippen molar-refractivity contribution in [2.24, 2.45) is 0 Å². The molecule has 0 aliphatic carbocycles. The fraction of sp³-hybridized carbons (Fsp3) is 0.190. The largest absolute Gasteiger partial charge is 0.448 e. The number of carbonyl (C=O) groups is 1. The van der Waals surface area contributed by atoms with E-state index in [1.807, 2.05) is 59.6 Å². The number of pyridine rings is 1. The van der Waals surface area contributed by atoms with E-state index in [1.165, 1.54) is 0 Å². The molecule has 0 bridgehead atoms. The molecule has 0 saturated carbocycles. The number of fused-ring (bicyclic) bond motifs is 1. The molecule has 7 heteroatoms. The van der Waals surface area contributed by atoms with Crippen molar-refractivity contribution >= 4 is 33.3 Å². The molecule has 4 heterocycles. The van der Waals surface area contributed by atoms with Crippen LogP contribution in [0.4, 0.5) is 5.82 Å². The summed E-state index contributed by atoms with van der Waals surface area (Å²) in [7, 11) is 0. The van der Waals surface area contributed by atoms with E-state index in [9.17, 15) is 4.79 Å². The van der Waals surface area contributed by atoms with E-state index in [0.717, 1.165) is 34.1 Å². The molecule has 0 atom stereocenters. The van der Waals surface area contributed by atoms with Gasteiger partial charge in [0, 0.05) is 6.07 Å². The van der Waals surface area contributed by atoms with E-state index in [2.05, 4.69) is 14.9 Å². The average Bonchev–Trinajstić information content (AvgIpc) is 3.41. The monoisotopic (exact) mass is 391 g/mol. The second kappa shape index (κ2) is 7.09. The predicted molar refractivity (Wildman–Crippen MR) is 108 cm³/mol. The summed E-state index contributed by atoms with van der Waals surface area (Å²) >= 11 is 1.57. The maximum absolute atomic E-state index is 12.8. The van der Waals surface area contributed by atoms with E-state index in [-0.39, 0.29) is 5.91 Å². The van der Waals surface area contributed by atoms with E-state index in [4.69, 9.17) is 4.42 Å². The van der Waals surface area contributed by atoms with Crippen LogP contribution < -0.4 is 9.88 Å². The normalized spacial score (nSPS) is 14.6. The Labute approximate surface area is 166 Å². The molecule has 1 aliphatic rings. The highest BCUT2D eigenvalue weighted by molar-refractivity contribution is 7.21. The first-order valence-electron chi connectivity index (χ1n) is 9.25. The highest BCUT2D eigenvalue weighted by Gasteiger charge is 2.28. The van der Waals surface area contributed by atoms with Crippen LogP contribution in [-0.2, 0) is 0 Å². The predicted octanol–water partition coefficient (Wildman–Crippen LogP) is 3.33. The van der Waals surface area contributed by atoms with Gasteiger partial charge in [0.1, 0.15) is 13.1 Å². The summed E-state index contributed by atoms with van der Waals surface area (Å²) in [6.45, 7) is 2.91. The maximum Gasteiger partial charge on any atom is 0.289 e. The van der Waals surface area contributed by atoms with Gasteiger partial charge in [0.25, 0.3) is 11.7 Å². The second-order valence-corrected chi connectivity index (χ2v) is 7.71. The van der Waals surface area contributed by atoms with Crippen LogP contribution in [0.25, 0.3) is 21.0 Å². The van der Waals surface area contributed by atoms with Crippen molar-refractivity contribution in [3.8, 4) is 10.8 Å². The van der Waals surface area contributed by atoms with Crippen LogP contribution in [0.1, 0.15) is 10.6 Å². The number of rotatable bonds is 3. The van der Waals surface area contributed by atoms with Crippen LogP contribution in [0.2, 0.25) is 0 Å². The van der Waals surface area contributed by atoms with Crippen LogP contribution >= 0.6 is 11.3 Å². The van der Waals surface area contributed by atoms with Gasteiger partial charge in [-0.15, -0.1) is 11.3 Å². The Bertz CT molecular complexity index is 1080. The van der Waals surface area contributed by atoms with Gasteiger partial charge in [-0.2, -0.15) is 0 Å². The molecule has 5 rings (SSSR count). The molecule has 1 N–H and O–H groups in total. The smallest absolute Gasteiger partial charge is 0.289 e. The Morgan fingerprint density at radius 3 is 2.61 bits per heavy atom. The first-order valence-corrected chi connectivity index (χ1v) is 10.1. The molecule has 1 aromatic carbocycles. The first-order chi connectivity index (χ1) is 13.8. The summed E-state index contributed by atoms with van der Waals surface area (Å²) in [4.78, 5) is 24.8. The van der Waals surface area contributed by atoms with Gasteiger partial charge >= 0.3 is 0 Å². The number of hydrogen-bond donors (Lipinski definition) is 0. The molecule has 140 valence electrons. The topological polar surface area (TPSA) is 63.7 Å². The van der Waals surface area contributed by atoms with E-state index >= 15 is 0 Å². The van der Waals surface area contributed by atoms with Gasteiger partial charge in [0.15, 0.2) is 16.5 Å². The molecular formula is C21H19N4O2S+. The summed E-state index contributed by atoms with van der Waals surface area (Å²) in [5.74, 6) is 2.02. The molecule has 1 saturated heterocycles. The summed E-state index contributed by atoms with van der Waals surface area (Å²) in [6.07, 6.45) is 1.92. The van der Waals surface area contributed by atoms with Crippen molar-refractivity contribution in [2.45, 2.75) is 0 Å². The summed E-state index contributed by atoms with van der Waals surface area (Å²) in [5, 5.41) is 0.796. The molecule has 1 amide bonds. The van der Waals surface area contributed by atoms with Crippen LogP contribution in [0.5, 0.6) is 0 Å². The fourth-order valence-corrected chi connectivity index (χ4v) is 4.36. The Morgan fingerprint density at radius 2 is 1.82 bits per heavy atom. The second-order valence-electron chi connectivity index (χ2n) is 6.68. The Hall–Kier alpha value is -3.19. The van der Waals surface area contributed by atoms with Crippen molar-refractivity contribution < 1.29 is 14.2 Å². The zero-order chi connectivity index (χ0) is 18.9. The van der Waals surface area contributed by atoms with Crippen LogP contribution in [0.15, 0.2) is 65.2 Å². The number of thiazole rings is 1. The molecule has 3 aromatic heterocycles. The van der Waals surface area contributed by atoms with Crippen molar-refractivity contribution in [1.29, 1.82) is 0 Å². The number of anilines is 1. The van der Waals surface area contributed by atoms with E-state index in [1.54, 1.807) is 17.4 Å². The lowest BCUT2D eigenvalue weighted by molar-refractivity contribution is -0.364. The highest BCUT2D eigenvalue weighted by atomic mass is 32.1. The van der Waals surface area contributed by atoms with Crippen LogP contribution in [0.3, 0.4) is 0 Å². The third-order valence-corrected chi connectivity index (χ3v) is 5.97. The summed E-state index contributed by atoms with van der Waals surface area (Å²) in [5.41, 5.74) is 0.945. The number of para-hydroxylation sites is 1. The van der Waals surface area contributed by atoms with E-state index in [0.29, 0.717) is 24.6 Å². The molecule has 6 nitrogen and oxygen atoms in total. The minimum atomic E-state index is -0.0657. The Balaban J connectivity index is 1.29. The number of furan rings is 1. The quantitative estimate of drug-likeness (QED) is 0.537. The number of H-pyrrole nitrogens is 1. The molecule has 1 aliphatic heterocycles. The van der Waals surface area contributed by atoms with Crippen LogP contribution in [-0.4, -0.2) is 42.0 Å². The zero-order valence-corrected chi connectivity index (χ0v) is 16.0. The number of aromatic amines is 1. The third-order valence-electron chi connectivity index (χ3n) is 4.92. The van der Waals surface area contributed by atoms with Crippen molar-refractivity contribution in [3.05, 3.63) is 66.6 Å². The number of hydrogen-bond acceptors (Lipinski definition) is 5. The number of piperazine rings is 1. The summed E-state index contributed by atoms with van der Waals surface area (Å²) < 4.78 is 6.97. The Morgan fingerprint density at radius 1 is 1.00 bits per heavy atom. The fourth-order valence-electron chi connectivity index (χ4n) is 3.43. The maximum atomic E-state index is 12.8. The van der Waals surface area contributed by atoms with Gasteiger partial charge < -0.3 is 9.32 Å².